The Morgan fingerprint density at radius 2 is 1.10 bits per heavy atom. The number of carboxylic acids is 2. The van der Waals surface area contributed by atoms with Crippen LogP contribution in [0, 0.1) is 107 Å². The number of ether oxygens (including phenoxy) is 2. The van der Waals surface area contributed by atoms with Crippen molar-refractivity contribution in [3.05, 3.63) is 72.9 Å². The third-order valence-corrected chi connectivity index (χ3v) is 17.3. The molecule has 18 unspecified atom stereocenters. The number of carbonyl (C=O) groups is 4. The molecule has 12 rings (SSSR count). The zero-order chi connectivity index (χ0) is 40.5. The second kappa shape index (κ2) is 17.9. The average molecular weight is 796 g/mol. The number of carbonyl (C=O) groups excluding carboxylic acids is 2. The van der Waals surface area contributed by atoms with Crippen molar-refractivity contribution >= 4 is 23.9 Å². The first-order chi connectivity index (χ1) is 28.1. The Hall–Kier alpha value is -3.68. The van der Waals surface area contributed by atoms with Crippen LogP contribution in [0.3, 0.4) is 0 Å². The lowest BCUT2D eigenvalue weighted by atomic mass is 9.70. The number of hydrogen-bond donors (Lipinski definition) is 2. The van der Waals surface area contributed by atoms with Gasteiger partial charge in [0.2, 0.25) is 0 Å². The van der Waals surface area contributed by atoms with E-state index in [1.165, 1.54) is 52.7 Å². The van der Waals surface area contributed by atoms with Crippen LogP contribution in [-0.2, 0) is 28.7 Å². The molecule has 0 aliphatic heterocycles. The summed E-state index contributed by atoms with van der Waals surface area (Å²) in [5.74, 6) is 11.7. The minimum atomic E-state index is -1.17. The fourth-order valence-electron chi connectivity index (χ4n) is 15.0. The number of esters is 2. The van der Waals surface area contributed by atoms with Crippen molar-refractivity contribution in [2.24, 2.45) is 107 Å². The second-order valence-electron chi connectivity index (χ2n) is 19.7. The molecule has 12 aliphatic carbocycles. The van der Waals surface area contributed by atoms with E-state index in [2.05, 4.69) is 65.5 Å². The van der Waals surface area contributed by atoms with Crippen molar-refractivity contribution in [2.75, 3.05) is 14.2 Å². The minimum Gasteiger partial charge on any atom is -0.481 e. The topological polar surface area (TPSA) is 127 Å². The van der Waals surface area contributed by atoms with Gasteiger partial charge in [-0.15, -0.1) is 0 Å². The van der Waals surface area contributed by atoms with E-state index in [4.69, 9.17) is 14.9 Å². The molecule has 0 aromatic rings. The lowest BCUT2D eigenvalue weighted by Crippen LogP contribution is -2.35. The van der Waals surface area contributed by atoms with Gasteiger partial charge in [0.05, 0.1) is 26.6 Å². The van der Waals surface area contributed by atoms with E-state index >= 15 is 0 Å². The Morgan fingerprint density at radius 1 is 0.569 bits per heavy atom. The van der Waals surface area contributed by atoms with Crippen LogP contribution in [0.5, 0.6) is 0 Å². The van der Waals surface area contributed by atoms with Crippen LogP contribution in [0.1, 0.15) is 91.3 Å². The van der Waals surface area contributed by atoms with E-state index in [1.807, 2.05) is 0 Å². The highest BCUT2D eigenvalue weighted by Gasteiger charge is 2.56. The summed E-state index contributed by atoms with van der Waals surface area (Å²) in [5.41, 5.74) is 0. The van der Waals surface area contributed by atoms with Gasteiger partial charge in [-0.05, 0) is 184 Å². The van der Waals surface area contributed by atoms with Crippen LogP contribution in [0.15, 0.2) is 72.9 Å². The predicted octanol–water partition coefficient (Wildman–Crippen LogP) is 9.61. The van der Waals surface area contributed by atoms with Crippen LogP contribution in [-0.4, -0.2) is 48.3 Å². The molecule has 7 fully saturated rings. The Balaban J connectivity index is 0.000000115. The monoisotopic (exact) mass is 795 g/mol. The summed E-state index contributed by atoms with van der Waals surface area (Å²) < 4.78 is 8.94. The zero-order valence-electron chi connectivity index (χ0n) is 35.6. The number of hydrogen-bond acceptors (Lipinski definition) is 6. The van der Waals surface area contributed by atoms with E-state index in [9.17, 15) is 19.2 Å². The van der Waals surface area contributed by atoms with Gasteiger partial charge in [0.25, 0.3) is 0 Å². The molecule has 0 heterocycles. The van der Waals surface area contributed by atoms with Crippen molar-refractivity contribution < 1.29 is 40.3 Å². The lowest BCUT2D eigenvalue weighted by molar-refractivity contribution is -0.154. The molecule has 8 nitrogen and oxygen atoms in total. The highest BCUT2D eigenvalue weighted by molar-refractivity contribution is 5.90. The molecule has 0 radical (unpaired) electrons. The molecule has 18 atom stereocenters. The van der Waals surface area contributed by atoms with E-state index in [1.54, 1.807) is 25.7 Å². The summed E-state index contributed by atoms with van der Waals surface area (Å²) in [6.07, 6.45) is 43.8. The Morgan fingerprint density at radius 3 is 1.64 bits per heavy atom. The standard InChI is InChI=1S/C15H20O4.2C10H14.C10H12.C5H6O4/c1-19-15(18)13(7-14(16)17)12-6-8-5-11(12)10-4-2-3-9(8)10;3*1-2-9-7-4-5-8(6-7)10(9)3-1;1-9-5(8)3-2-4(6)7/h2-3,8-13H,4-7H2,1H3,(H,16,17);2*1-2,7-10H,3-6H2;1-2,4-5,7-10H,3,6H2;2-3H,1H3,(H,6,7)/p+1/b;;;;3-2-. The average Bonchev–Trinajstić information content (AvgIpc) is 4.08. The summed E-state index contributed by atoms with van der Waals surface area (Å²) in [7, 11) is 2.53. The molecule has 7 saturated carbocycles. The van der Waals surface area contributed by atoms with Gasteiger partial charge in [-0.3, -0.25) is 9.59 Å². The quantitative estimate of drug-likeness (QED) is 0.155. The number of methoxy groups -OCH3 is 2. The van der Waals surface area contributed by atoms with E-state index in [0.29, 0.717) is 29.7 Å². The highest BCUT2D eigenvalue weighted by atomic mass is 16.5. The minimum absolute atomic E-state index is 0. The van der Waals surface area contributed by atoms with Crippen molar-refractivity contribution in [3.8, 4) is 0 Å². The van der Waals surface area contributed by atoms with Crippen LogP contribution in [0.2, 0.25) is 0 Å². The molecule has 0 aromatic carbocycles. The lowest BCUT2D eigenvalue weighted by Gasteiger charge is -2.34. The van der Waals surface area contributed by atoms with Gasteiger partial charge in [0.15, 0.2) is 0 Å². The summed E-state index contributed by atoms with van der Waals surface area (Å²) in [4.78, 5) is 42.8. The maximum Gasteiger partial charge on any atom is 1.00 e. The van der Waals surface area contributed by atoms with E-state index in [0.717, 1.165) is 96.4 Å². The van der Waals surface area contributed by atoms with Crippen molar-refractivity contribution in [1.82, 2.24) is 0 Å². The molecule has 314 valence electrons. The normalized spacial score (nSPS) is 43.3. The molecular formula is C50H67O8+. The van der Waals surface area contributed by atoms with Crippen LogP contribution in [0.4, 0.5) is 0 Å². The SMILES string of the molecule is C1=CC2C3C=CC(C3)C2C1.C1=CC2C3CCC(C3)C2C1.C1=CC2C3CCC(C3)C2C1.COC(=O)/C=C\C(=O)O.COC(=O)C(CC(=O)O)C1CC2CC1C1CC=CC21.[H+]. The summed E-state index contributed by atoms with van der Waals surface area (Å²) >= 11 is 0. The molecule has 0 saturated heterocycles. The number of fused-ring (bicyclic) bond motifs is 20. The molecule has 58 heavy (non-hydrogen) atoms. The van der Waals surface area contributed by atoms with Crippen molar-refractivity contribution in [1.29, 1.82) is 0 Å². The van der Waals surface area contributed by atoms with Gasteiger partial charge < -0.3 is 19.7 Å². The smallest absolute Gasteiger partial charge is 0.481 e. The van der Waals surface area contributed by atoms with E-state index < -0.39 is 23.8 Å². The Labute approximate surface area is 346 Å². The third kappa shape index (κ3) is 8.37. The fourth-order valence-corrected chi connectivity index (χ4v) is 15.0. The van der Waals surface area contributed by atoms with E-state index in [-0.39, 0.29) is 19.7 Å². The fraction of sp³-hybridized carbons (Fsp3) is 0.680. The molecule has 2 N–H and O–H groups in total. The first-order valence-corrected chi connectivity index (χ1v) is 22.8. The molecule has 12 aliphatic rings. The van der Waals surface area contributed by atoms with Crippen LogP contribution < -0.4 is 0 Å². The first kappa shape index (κ1) is 41.1. The number of allylic oxidation sites excluding steroid dienone is 10. The summed E-state index contributed by atoms with van der Waals surface area (Å²) in [6.45, 7) is 0. The maximum absolute atomic E-state index is 11.9. The van der Waals surface area contributed by atoms with Gasteiger partial charge in [-0.2, -0.15) is 0 Å². The first-order valence-electron chi connectivity index (χ1n) is 22.8. The molecule has 0 aromatic heterocycles. The Bertz CT molecular complexity index is 1680. The summed E-state index contributed by atoms with van der Waals surface area (Å²) in [6, 6.07) is 0. The molecule has 0 amide bonds. The number of carboxylic acid groups (broad SMARTS) is 2. The van der Waals surface area contributed by atoms with Gasteiger partial charge in [0, 0.05) is 12.2 Å². The van der Waals surface area contributed by atoms with Gasteiger partial charge in [0.1, 0.15) is 0 Å². The number of rotatable bonds is 6. The second-order valence-corrected chi connectivity index (χ2v) is 19.7. The molecule has 8 bridgehead atoms. The highest BCUT2D eigenvalue weighted by Crippen LogP contribution is 2.61. The van der Waals surface area contributed by atoms with Gasteiger partial charge >= 0.3 is 25.3 Å². The maximum atomic E-state index is 11.9. The molecule has 8 heteroatoms. The third-order valence-electron chi connectivity index (χ3n) is 17.3. The largest absolute Gasteiger partial charge is 1.00 e. The van der Waals surface area contributed by atoms with Crippen molar-refractivity contribution in [3.63, 3.8) is 0 Å². The summed E-state index contributed by atoms with van der Waals surface area (Å²) in [5, 5.41) is 17.0. The zero-order valence-corrected chi connectivity index (χ0v) is 34.6. The number of aliphatic carboxylic acids is 2. The Kier molecular flexibility index (Phi) is 12.7. The predicted molar refractivity (Wildman–Crippen MR) is 223 cm³/mol. The van der Waals surface area contributed by atoms with Crippen LogP contribution in [0.25, 0.3) is 0 Å². The van der Waals surface area contributed by atoms with Gasteiger partial charge in [-0.25, -0.2) is 9.59 Å². The van der Waals surface area contributed by atoms with Gasteiger partial charge in [-0.1, -0.05) is 60.8 Å². The van der Waals surface area contributed by atoms with Crippen molar-refractivity contribution in [2.45, 2.75) is 89.9 Å². The molecular weight excluding hydrogens is 729 g/mol. The van der Waals surface area contributed by atoms with Crippen LogP contribution >= 0.6 is 0 Å². The molecule has 0 spiro atoms.